The number of carbonyl (C=O) groups excluding carboxylic acids is 1. The summed E-state index contributed by atoms with van der Waals surface area (Å²) in [4.78, 5) is 20.0. The van der Waals surface area contributed by atoms with E-state index in [1.807, 2.05) is 31.2 Å². The van der Waals surface area contributed by atoms with Gasteiger partial charge in [-0.15, -0.1) is 0 Å². The lowest BCUT2D eigenvalue weighted by atomic mass is 10.2. The van der Waals surface area contributed by atoms with Crippen LogP contribution in [0.4, 0.5) is 0 Å². The average molecular weight is 282 g/mol. The lowest BCUT2D eigenvalue weighted by molar-refractivity contribution is 0.0525. The highest BCUT2D eigenvalue weighted by Crippen LogP contribution is 2.19. The van der Waals surface area contributed by atoms with Crippen molar-refractivity contribution in [3.8, 4) is 5.95 Å². The molecule has 0 amide bonds. The molecule has 0 fully saturated rings. The van der Waals surface area contributed by atoms with E-state index in [-0.39, 0.29) is 0 Å². The maximum Gasteiger partial charge on any atom is 0.341 e. The van der Waals surface area contributed by atoms with E-state index < -0.39 is 5.97 Å². The molecule has 0 spiro atoms. The molecule has 0 aliphatic heterocycles. The summed E-state index contributed by atoms with van der Waals surface area (Å²) in [6.45, 7) is 4.02. The predicted octanol–water partition coefficient (Wildman–Crippen LogP) is 2.30. The summed E-state index contributed by atoms with van der Waals surface area (Å²) >= 11 is 0. The molecular weight excluding hydrogens is 268 g/mol. The van der Waals surface area contributed by atoms with Crippen LogP contribution in [0.1, 0.15) is 23.0 Å². The number of aryl methyl sites for hydroxylation is 1. The van der Waals surface area contributed by atoms with Gasteiger partial charge in [-0.3, -0.25) is 0 Å². The second-order valence-electron chi connectivity index (χ2n) is 4.51. The smallest absolute Gasteiger partial charge is 0.341 e. The van der Waals surface area contributed by atoms with Crippen LogP contribution < -0.4 is 0 Å². The Morgan fingerprint density at radius 1 is 1.24 bits per heavy atom. The molecule has 3 rings (SSSR count). The number of nitrogens with zero attached hydrogens (tertiary/aromatic N) is 4. The zero-order chi connectivity index (χ0) is 14.8. The molecule has 0 aliphatic carbocycles. The number of carbonyl (C=O) groups is 1. The fourth-order valence-corrected chi connectivity index (χ4v) is 2.12. The SMILES string of the molecule is CCOC(=O)c1cnc(-n2nc(C)c3ccccc32)nc1. The third kappa shape index (κ3) is 2.35. The highest BCUT2D eigenvalue weighted by molar-refractivity contribution is 5.88. The Labute approximate surface area is 121 Å². The molecule has 1 aromatic carbocycles. The number of hydrogen-bond acceptors (Lipinski definition) is 5. The largest absolute Gasteiger partial charge is 0.462 e. The van der Waals surface area contributed by atoms with Crippen LogP contribution in [0.25, 0.3) is 16.9 Å². The van der Waals surface area contributed by atoms with Crippen LogP contribution in [0.3, 0.4) is 0 Å². The zero-order valence-electron chi connectivity index (χ0n) is 11.8. The summed E-state index contributed by atoms with van der Waals surface area (Å²) in [6, 6.07) is 7.86. The molecule has 0 atom stereocenters. The van der Waals surface area contributed by atoms with Gasteiger partial charge in [0, 0.05) is 17.8 Å². The molecule has 0 bridgehead atoms. The van der Waals surface area contributed by atoms with Crippen molar-refractivity contribution in [1.29, 1.82) is 0 Å². The topological polar surface area (TPSA) is 69.9 Å². The van der Waals surface area contributed by atoms with E-state index in [0.29, 0.717) is 18.1 Å². The molecule has 0 aliphatic rings. The monoisotopic (exact) mass is 282 g/mol. The Bertz CT molecular complexity index is 793. The summed E-state index contributed by atoms with van der Waals surface area (Å²) < 4.78 is 6.57. The molecule has 3 aromatic rings. The average Bonchev–Trinajstić information content (AvgIpc) is 2.85. The van der Waals surface area contributed by atoms with Gasteiger partial charge in [0.05, 0.1) is 23.4 Å². The second kappa shape index (κ2) is 5.32. The number of rotatable bonds is 3. The fourth-order valence-electron chi connectivity index (χ4n) is 2.12. The molecule has 0 unspecified atom stereocenters. The van der Waals surface area contributed by atoms with Crippen molar-refractivity contribution < 1.29 is 9.53 Å². The number of hydrogen-bond donors (Lipinski definition) is 0. The van der Waals surface area contributed by atoms with Crippen LogP contribution in [0.5, 0.6) is 0 Å². The number of aromatic nitrogens is 4. The summed E-state index contributed by atoms with van der Waals surface area (Å²) in [5, 5.41) is 5.50. The Morgan fingerprint density at radius 2 is 1.95 bits per heavy atom. The van der Waals surface area contributed by atoms with Crippen LogP contribution in [-0.2, 0) is 4.74 Å². The van der Waals surface area contributed by atoms with E-state index in [1.165, 1.54) is 12.4 Å². The van der Waals surface area contributed by atoms with Crippen molar-refractivity contribution in [1.82, 2.24) is 19.7 Å². The molecule has 0 saturated carbocycles. The molecule has 0 radical (unpaired) electrons. The maximum absolute atomic E-state index is 11.6. The summed E-state index contributed by atoms with van der Waals surface area (Å²) in [5.41, 5.74) is 2.16. The van der Waals surface area contributed by atoms with E-state index in [9.17, 15) is 4.79 Å². The van der Waals surface area contributed by atoms with Crippen LogP contribution in [0.2, 0.25) is 0 Å². The molecule has 2 aromatic heterocycles. The first-order valence-corrected chi connectivity index (χ1v) is 6.64. The molecule has 0 N–H and O–H groups in total. The van der Waals surface area contributed by atoms with Crippen molar-refractivity contribution in [3.05, 3.63) is 47.9 Å². The number of ether oxygens (including phenoxy) is 1. The number of esters is 1. The van der Waals surface area contributed by atoms with Crippen LogP contribution in [0, 0.1) is 6.92 Å². The molecule has 6 nitrogen and oxygen atoms in total. The number of benzene rings is 1. The highest BCUT2D eigenvalue weighted by Gasteiger charge is 2.12. The maximum atomic E-state index is 11.6. The lowest BCUT2D eigenvalue weighted by Crippen LogP contribution is -2.08. The molecule has 106 valence electrons. The third-order valence-electron chi connectivity index (χ3n) is 3.11. The van der Waals surface area contributed by atoms with Gasteiger partial charge in [0.1, 0.15) is 0 Å². The van der Waals surface area contributed by atoms with Gasteiger partial charge >= 0.3 is 5.97 Å². The van der Waals surface area contributed by atoms with E-state index in [0.717, 1.165) is 16.6 Å². The minimum absolute atomic E-state index is 0.323. The van der Waals surface area contributed by atoms with Crippen molar-refractivity contribution in [3.63, 3.8) is 0 Å². The molecular formula is C15H14N4O2. The van der Waals surface area contributed by atoms with Gasteiger partial charge in [0.15, 0.2) is 0 Å². The molecule has 21 heavy (non-hydrogen) atoms. The van der Waals surface area contributed by atoms with Gasteiger partial charge in [0.2, 0.25) is 0 Å². The van der Waals surface area contributed by atoms with Gasteiger partial charge in [-0.2, -0.15) is 9.78 Å². The van der Waals surface area contributed by atoms with E-state index >= 15 is 0 Å². The van der Waals surface area contributed by atoms with E-state index in [1.54, 1.807) is 11.6 Å². The van der Waals surface area contributed by atoms with Gasteiger partial charge in [-0.05, 0) is 19.9 Å². The predicted molar refractivity (Wildman–Crippen MR) is 77.4 cm³/mol. The van der Waals surface area contributed by atoms with Crippen LogP contribution in [0.15, 0.2) is 36.7 Å². The first kappa shape index (κ1) is 13.2. The highest BCUT2D eigenvalue weighted by atomic mass is 16.5. The van der Waals surface area contributed by atoms with E-state index in [4.69, 9.17) is 4.74 Å². The van der Waals surface area contributed by atoms with Gasteiger partial charge in [-0.25, -0.2) is 14.8 Å². The van der Waals surface area contributed by atoms with Gasteiger partial charge in [0.25, 0.3) is 5.95 Å². The minimum Gasteiger partial charge on any atom is -0.462 e. The molecule has 2 heterocycles. The standard InChI is InChI=1S/C15H14N4O2/c1-3-21-14(20)11-8-16-15(17-9-11)19-13-7-5-4-6-12(13)10(2)18-19/h4-9H,3H2,1-2H3. The Kier molecular flexibility index (Phi) is 3.35. The van der Waals surface area contributed by atoms with Crippen molar-refractivity contribution in [2.45, 2.75) is 13.8 Å². The second-order valence-corrected chi connectivity index (χ2v) is 4.51. The van der Waals surface area contributed by atoms with Crippen molar-refractivity contribution in [2.75, 3.05) is 6.61 Å². The Balaban J connectivity index is 2.02. The number of fused-ring (bicyclic) bond motifs is 1. The molecule has 0 saturated heterocycles. The first-order valence-electron chi connectivity index (χ1n) is 6.64. The third-order valence-corrected chi connectivity index (χ3v) is 3.11. The normalized spacial score (nSPS) is 10.8. The Hall–Kier alpha value is -2.76. The van der Waals surface area contributed by atoms with Gasteiger partial charge < -0.3 is 4.74 Å². The van der Waals surface area contributed by atoms with Gasteiger partial charge in [-0.1, -0.05) is 18.2 Å². The Morgan fingerprint density at radius 3 is 2.67 bits per heavy atom. The quantitative estimate of drug-likeness (QED) is 0.689. The lowest BCUT2D eigenvalue weighted by Gasteiger charge is -2.03. The van der Waals surface area contributed by atoms with Crippen LogP contribution in [-0.4, -0.2) is 32.3 Å². The van der Waals surface area contributed by atoms with E-state index in [2.05, 4.69) is 15.1 Å². The number of para-hydroxylation sites is 1. The van der Waals surface area contributed by atoms with Crippen LogP contribution >= 0.6 is 0 Å². The van der Waals surface area contributed by atoms with Crippen molar-refractivity contribution >= 4 is 16.9 Å². The zero-order valence-corrected chi connectivity index (χ0v) is 11.8. The summed E-state index contributed by atoms with van der Waals surface area (Å²) in [6.07, 6.45) is 2.90. The fraction of sp³-hybridized carbons (Fsp3) is 0.200. The summed E-state index contributed by atoms with van der Waals surface area (Å²) in [7, 11) is 0. The first-order chi connectivity index (χ1) is 10.2. The summed E-state index contributed by atoms with van der Waals surface area (Å²) in [5.74, 6) is -0.00194. The minimum atomic E-state index is -0.425. The van der Waals surface area contributed by atoms with Crippen molar-refractivity contribution in [2.24, 2.45) is 0 Å². The molecule has 6 heteroatoms.